The second-order valence-corrected chi connectivity index (χ2v) is 7.02. The minimum Gasteiger partial charge on any atom is -0.491 e. The van der Waals surface area contributed by atoms with E-state index in [2.05, 4.69) is 5.32 Å². The van der Waals surface area contributed by atoms with Gasteiger partial charge in [-0.1, -0.05) is 30.3 Å². The topological polar surface area (TPSA) is 38.3 Å². The van der Waals surface area contributed by atoms with Gasteiger partial charge in [-0.3, -0.25) is 4.79 Å². The van der Waals surface area contributed by atoms with Gasteiger partial charge in [0.1, 0.15) is 5.75 Å². The second-order valence-electron chi connectivity index (χ2n) is 5.60. The number of nitrogens with one attached hydrogen (secondary N) is 1. The van der Waals surface area contributed by atoms with Crippen LogP contribution < -0.4 is 10.1 Å². The van der Waals surface area contributed by atoms with E-state index in [-0.39, 0.29) is 17.3 Å². The van der Waals surface area contributed by atoms with Gasteiger partial charge in [-0.2, -0.15) is 0 Å². The highest BCUT2D eigenvalue weighted by Crippen LogP contribution is 2.22. The van der Waals surface area contributed by atoms with E-state index < -0.39 is 0 Å². The molecular weight excluding hydrogens is 306 g/mol. The summed E-state index contributed by atoms with van der Waals surface area (Å²) in [4.78, 5) is 13.3. The number of ether oxygens (including phenoxy) is 1. The summed E-state index contributed by atoms with van der Waals surface area (Å²) in [5, 5.41) is 2.85. The van der Waals surface area contributed by atoms with Crippen LogP contribution in [0.25, 0.3) is 0 Å². The molecule has 3 nitrogen and oxygen atoms in total. The van der Waals surface area contributed by atoms with Crippen molar-refractivity contribution in [2.75, 3.05) is 0 Å². The van der Waals surface area contributed by atoms with Crippen LogP contribution in [0.4, 0.5) is 0 Å². The Kier molecular flexibility index (Phi) is 6.53. The van der Waals surface area contributed by atoms with Crippen molar-refractivity contribution in [3.05, 3.63) is 60.2 Å². The van der Waals surface area contributed by atoms with Gasteiger partial charge < -0.3 is 10.1 Å². The molecule has 1 amide bonds. The zero-order chi connectivity index (χ0) is 16.7. The summed E-state index contributed by atoms with van der Waals surface area (Å²) < 4.78 is 5.67. The van der Waals surface area contributed by atoms with Gasteiger partial charge >= 0.3 is 0 Å². The minimum absolute atomic E-state index is 0.0361. The van der Waals surface area contributed by atoms with Crippen molar-refractivity contribution in [3.63, 3.8) is 0 Å². The molecule has 0 heterocycles. The van der Waals surface area contributed by atoms with Crippen molar-refractivity contribution in [3.8, 4) is 5.75 Å². The van der Waals surface area contributed by atoms with Crippen molar-refractivity contribution < 1.29 is 9.53 Å². The quantitative estimate of drug-likeness (QED) is 0.771. The Morgan fingerprint density at radius 1 is 1.09 bits per heavy atom. The van der Waals surface area contributed by atoms with E-state index in [4.69, 9.17) is 4.74 Å². The fourth-order valence-corrected chi connectivity index (χ4v) is 3.00. The van der Waals surface area contributed by atoms with Gasteiger partial charge in [0.2, 0.25) is 5.91 Å². The van der Waals surface area contributed by atoms with Crippen LogP contribution in [0.15, 0.2) is 59.5 Å². The van der Waals surface area contributed by atoms with E-state index in [0.717, 1.165) is 16.2 Å². The zero-order valence-electron chi connectivity index (χ0n) is 13.8. The van der Waals surface area contributed by atoms with E-state index in [1.165, 1.54) is 0 Å². The highest BCUT2D eigenvalue weighted by Gasteiger charge is 2.13. The molecule has 0 unspecified atom stereocenters. The van der Waals surface area contributed by atoms with Crippen LogP contribution in [0.2, 0.25) is 0 Å². The average Bonchev–Trinajstić information content (AvgIpc) is 2.53. The van der Waals surface area contributed by atoms with Crippen LogP contribution in [0.3, 0.4) is 0 Å². The molecule has 4 heteroatoms. The first kappa shape index (κ1) is 17.4. The number of hydrogen-bond donors (Lipinski definition) is 1. The molecule has 23 heavy (non-hydrogen) atoms. The summed E-state index contributed by atoms with van der Waals surface area (Å²) in [6, 6.07) is 17.8. The van der Waals surface area contributed by atoms with Crippen molar-refractivity contribution in [2.45, 2.75) is 43.6 Å². The van der Waals surface area contributed by atoms with E-state index >= 15 is 0 Å². The maximum atomic E-state index is 12.2. The number of hydrogen-bond acceptors (Lipinski definition) is 3. The Balaban J connectivity index is 1.86. The molecule has 2 rings (SSSR count). The molecule has 0 aliphatic carbocycles. The molecular formula is C19H23NO2S. The normalized spacial score (nSPS) is 12.0. The Morgan fingerprint density at radius 2 is 1.83 bits per heavy atom. The summed E-state index contributed by atoms with van der Waals surface area (Å²) >= 11 is 1.56. The predicted molar refractivity (Wildman–Crippen MR) is 95.8 cm³/mol. The molecule has 0 fully saturated rings. The molecule has 0 aliphatic rings. The van der Waals surface area contributed by atoms with Crippen LogP contribution in [-0.2, 0) is 11.3 Å². The summed E-state index contributed by atoms with van der Waals surface area (Å²) in [5.74, 6) is 0.868. The fraction of sp³-hybridized carbons (Fsp3) is 0.316. The van der Waals surface area contributed by atoms with Crippen molar-refractivity contribution in [1.29, 1.82) is 0 Å². The Morgan fingerprint density at radius 3 is 2.52 bits per heavy atom. The smallest absolute Gasteiger partial charge is 0.233 e. The van der Waals surface area contributed by atoms with Crippen LogP contribution in [-0.4, -0.2) is 17.3 Å². The molecule has 122 valence electrons. The number of benzene rings is 2. The fourth-order valence-electron chi connectivity index (χ4n) is 2.09. The third kappa shape index (κ3) is 5.99. The van der Waals surface area contributed by atoms with Crippen LogP contribution in [0.1, 0.15) is 26.3 Å². The predicted octanol–water partition coefficient (Wildman–Crippen LogP) is 4.27. The lowest BCUT2D eigenvalue weighted by Gasteiger charge is -2.13. The number of rotatable bonds is 7. The molecule has 2 aromatic carbocycles. The maximum Gasteiger partial charge on any atom is 0.233 e. The van der Waals surface area contributed by atoms with Gasteiger partial charge in [0.25, 0.3) is 0 Å². The lowest BCUT2D eigenvalue weighted by atomic mass is 10.2. The average molecular weight is 329 g/mol. The Hall–Kier alpha value is -1.94. The standard InChI is InChI=1S/C19H23NO2S/c1-14(2)22-17-9-7-8-16(12-17)13-20-19(21)15(3)23-18-10-5-4-6-11-18/h4-12,14-15H,13H2,1-3H3,(H,20,21)/t15-/m1/s1. The van der Waals surface area contributed by atoms with Crippen LogP contribution in [0, 0.1) is 0 Å². The number of carbonyl (C=O) groups excluding carboxylic acids is 1. The summed E-state index contributed by atoms with van der Waals surface area (Å²) in [6.07, 6.45) is 0.141. The van der Waals surface area contributed by atoms with Gasteiger partial charge in [0.05, 0.1) is 11.4 Å². The first-order valence-corrected chi connectivity index (χ1v) is 8.67. The molecule has 0 bridgehead atoms. The SMILES string of the molecule is CC(C)Oc1cccc(CNC(=O)[C@@H](C)Sc2ccccc2)c1. The van der Waals surface area contributed by atoms with Crippen molar-refractivity contribution >= 4 is 17.7 Å². The number of carbonyl (C=O) groups is 1. The molecule has 0 saturated heterocycles. The first-order valence-electron chi connectivity index (χ1n) is 7.79. The number of amides is 1. The van der Waals surface area contributed by atoms with Crippen molar-refractivity contribution in [1.82, 2.24) is 5.32 Å². The molecule has 1 atom stereocenters. The summed E-state index contributed by atoms with van der Waals surface area (Å²) in [6.45, 7) is 6.42. The first-order chi connectivity index (χ1) is 11.0. The van der Waals surface area contributed by atoms with Gasteiger partial charge in [-0.15, -0.1) is 11.8 Å². The summed E-state index contributed by atoms with van der Waals surface area (Å²) in [7, 11) is 0. The third-order valence-corrected chi connectivity index (χ3v) is 4.27. The van der Waals surface area contributed by atoms with E-state index in [0.29, 0.717) is 6.54 Å². The molecule has 0 aromatic heterocycles. The Labute approximate surface area is 142 Å². The molecule has 0 radical (unpaired) electrons. The Bertz CT molecular complexity index is 628. The highest BCUT2D eigenvalue weighted by molar-refractivity contribution is 8.00. The molecule has 1 N–H and O–H groups in total. The van der Waals surface area contributed by atoms with E-state index in [9.17, 15) is 4.79 Å². The van der Waals surface area contributed by atoms with Gasteiger partial charge in [-0.05, 0) is 50.6 Å². The lowest BCUT2D eigenvalue weighted by molar-refractivity contribution is -0.120. The molecule has 2 aromatic rings. The monoisotopic (exact) mass is 329 g/mol. The van der Waals surface area contributed by atoms with E-state index in [1.54, 1.807) is 11.8 Å². The molecule has 0 spiro atoms. The number of thioether (sulfide) groups is 1. The van der Waals surface area contributed by atoms with Gasteiger partial charge in [0, 0.05) is 11.4 Å². The van der Waals surface area contributed by atoms with Crippen molar-refractivity contribution in [2.24, 2.45) is 0 Å². The zero-order valence-corrected chi connectivity index (χ0v) is 14.6. The van der Waals surface area contributed by atoms with E-state index in [1.807, 2.05) is 75.4 Å². The second kappa shape index (κ2) is 8.63. The molecule has 0 saturated carbocycles. The maximum absolute atomic E-state index is 12.2. The minimum atomic E-state index is -0.132. The summed E-state index contributed by atoms with van der Waals surface area (Å²) in [5.41, 5.74) is 1.04. The highest BCUT2D eigenvalue weighted by atomic mass is 32.2. The van der Waals surface area contributed by atoms with Gasteiger partial charge in [-0.25, -0.2) is 0 Å². The third-order valence-electron chi connectivity index (χ3n) is 3.16. The van der Waals surface area contributed by atoms with Gasteiger partial charge in [0.15, 0.2) is 0 Å². The largest absolute Gasteiger partial charge is 0.491 e. The van der Waals surface area contributed by atoms with Crippen LogP contribution in [0.5, 0.6) is 5.75 Å². The van der Waals surface area contributed by atoms with Crippen LogP contribution >= 0.6 is 11.8 Å². The lowest BCUT2D eigenvalue weighted by Crippen LogP contribution is -2.30. The molecule has 0 aliphatic heterocycles.